The number of nitrogens with two attached hydrogens (primary N) is 1. The summed E-state index contributed by atoms with van der Waals surface area (Å²) in [5, 5.41) is 9.70. The lowest BCUT2D eigenvalue weighted by Crippen LogP contribution is -2.55. The molecule has 108 valence electrons. The number of aliphatic hydroxyl groups excluding tert-OH is 1. The second kappa shape index (κ2) is 6.98. The van der Waals surface area contributed by atoms with E-state index in [-0.39, 0.29) is 24.1 Å². The molecule has 0 aromatic carbocycles. The molecule has 3 N–H and O–H groups in total. The van der Waals surface area contributed by atoms with Gasteiger partial charge in [0.25, 0.3) is 0 Å². The summed E-state index contributed by atoms with van der Waals surface area (Å²) in [7, 11) is 0. The topological polar surface area (TPSA) is 62.4 Å². The molecular formula is C15H27N3O. The van der Waals surface area contributed by atoms with E-state index in [0.717, 1.165) is 12.2 Å². The van der Waals surface area contributed by atoms with Gasteiger partial charge in [-0.25, -0.2) is 0 Å². The SMILES string of the molecule is CCN(Cc1ccccn1)C(CO)C(N)C(C)(C)C. The van der Waals surface area contributed by atoms with Gasteiger partial charge in [0.05, 0.1) is 12.3 Å². The fourth-order valence-electron chi connectivity index (χ4n) is 2.20. The van der Waals surface area contributed by atoms with E-state index in [1.54, 1.807) is 6.20 Å². The van der Waals surface area contributed by atoms with Gasteiger partial charge in [0.2, 0.25) is 0 Å². The van der Waals surface area contributed by atoms with Crippen LogP contribution in [-0.2, 0) is 6.54 Å². The number of hydrogen-bond acceptors (Lipinski definition) is 4. The number of hydrogen-bond donors (Lipinski definition) is 2. The second-order valence-corrected chi connectivity index (χ2v) is 6.03. The molecule has 1 aromatic rings. The predicted molar refractivity (Wildman–Crippen MR) is 78.6 cm³/mol. The lowest BCUT2D eigenvalue weighted by atomic mass is 9.82. The van der Waals surface area contributed by atoms with Gasteiger partial charge in [0, 0.05) is 24.8 Å². The molecule has 0 aliphatic rings. The molecule has 19 heavy (non-hydrogen) atoms. The van der Waals surface area contributed by atoms with Crippen LogP contribution in [0.15, 0.2) is 24.4 Å². The Morgan fingerprint density at radius 1 is 1.37 bits per heavy atom. The van der Waals surface area contributed by atoms with Gasteiger partial charge < -0.3 is 10.8 Å². The fraction of sp³-hybridized carbons (Fsp3) is 0.667. The highest BCUT2D eigenvalue weighted by Crippen LogP contribution is 2.23. The molecule has 0 aliphatic heterocycles. The van der Waals surface area contributed by atoms with Crippen LogP contribution in [0.4, 0.5) is 0 Å². The van der Waals surface area contributed by atoms with Gasteiger partial charge in [-0.05, 0) is 24.1 Å². The van der Waals surface area contributed by atoms with Crippen LogP contribution in [0.1, 0.15) is 33.4 Å². The molecular weight excluding hydrogens is 238 g/mol. The third-order valence-corrected chi connectivity index (χ3v) is 3.57. The Bertz CT molecular complexity index is 361. The third kappa shape index (κ3) is 4.56. The predicted octanol–water partition coefficient (Wildman–Crippen LogP) is 1.64. The Labute approximate surface area is 116 Å². The van der Waals surface area contributed by atoms with Crippen LogP contribution in [0.2, 0.25) is 0 Å². The van der Waals surface area contributed by atoms with Gasteiger partial charge in [-0.3, -0.25) is 9.88 Å². The fourth-order valence-corrected chi connectivity index (χ4v) is 2.20. The van der Waals surface area contributed by atoms with E-state index in [1.165, 1.54) is 0 Å². The van der Waals surface area contributed by atoms with Crippen LogP contribution in [-0.4, -0.2) is 40.2 Å². The summed E-state index contributed by atoms with van der Waals surface area (Å²) in [4.78, 5) is 6.53. The first-order valence-electron chi connectivity index (χ1n) is 6.90. The molecule has 0 spiro atoms. The number of aliphatic hydroxyl groups is 1. The molecule has 1 heterocycles. The van der Waals surface area contributed by atoms with Crippen molar-refractivity contribution in [3.63, 3.8) is 0 Å². The molecule has 4 heteroatoms. The Hall–Kier alpha value is -0.970. The standard InChI is InChI=1S/C15H27N3O/c1-5-18(10-12-8-6-7-9-17-12)13(11-19)14(16)15(2,3)4/h6-9,13-14,19H,5,10-11,16H2,1-4H3. The highest BCUT2D eigenvalue weighted by molar-refractivity contribution is 5.04. The van der Waals surface area contributed by atoms with Crippen molar-refractivity contribution in [3.05, 3.63) is 30.1 Å². The van der Waals surface area contributed by atoms with E-state index in [4.69, 9.17) is 5.73 Å². The summed E-state index contributed by atoms with van der Waals surface area (Å²) < 4.78 is 0. The zero-order valence-electron chi connectivity index (χ0n) is 12.5. The zero-order valence-corrected chi connectivity index (χ0v) is 12.5. The van der Waals surface area contributed by atoms with E-state index in [1.807, 2.05) is 18.2 Å². The maximum atomic E-state index is 9.70. The maximum Gasteiger partial charge on any atom is 0.0602 e. The van der Waals surface area contributed by atoms with Crippen molar-refractivity contribution in [1.29, 1.82) is 0 Å². The molecule has 4 nitrogen and oxygen atoms in total. The van der Waals surface area contributed by atoms with Crippen LogP contribution in [0.25, 0.3) is 0 Å². The monoisotopic (exact) mass is 265 g/mol. The van der Waals surface area contributed by atoms with Crippen molar-refractivity contribution >= 4 is 0 Å². The van der Waals surface area contributed by atoms with Crippen LogP contribution in [0, 0.1) is 5.41 Å². The first kappa shape index (κ1) is 16.1. The van der Waals surface area contributed by atoms with Crippen LogP contribution >= 0.6 is 0 Å². The number of likely N-dealkylation sites (N-methyl/N-ethyl adjacent to an activating group) is 1. The van der Waals surface area contributed by atoms with Crippen molar-refractivity contribution in [2.75, 3.05) is 13.2 Å². The molecule has 1 rings (SSSR count). The van der Waals surface area contributed by atoms with E-state index in [9.17, 15) is 5.11 Å². The highest BCUT2D eigenvalue weighted by atomic mass is 16.3. The van der Waals surface area contributed by atoms with Crippen molar-refractivity contribution in [1.82, 2.24) is 9.88 Å². The molecule has 2 unspecified atom stereocenters. The van der Waals surface area contributed by atoms with E-state index in [2.05, 4.69) is 37.6 Å². The van der Waals surface area contributed by atoms with Crippen LogP contribution in [0.3, 0.4) is 0 Å². The lowest BCUT2D eigenvalue weighted by Gasteiger charge is -2.39. The molecule has 0 fully saturated rings. The summed E-state index contributed by atoms with van der Waals surface area (Å²) in [6.45, 7) is 10.0. The van der Waals surface area contributed by atoms with Crippen molar-refractivity contribution < 1.29 is 5.11 Å². The smallest absolute Gasteiger partial charge is 0.0602 e. The molecule has 0 radical (unpaired) electrons. The molecule has 0 amide bonds. The van der Waals surface area contributed by atoms with Gasteiger partial charge in [0.1, 0.15) is 0 Å². The quantitative estimate of drug-likeness (QED) is 0.821. The summed E-state index contributed by atoms with van der Waals surface area (Å²) >= 11 is 0. The van der Waals surface area contributed by atoms with Crippen molar-refractivity contribution in [2.24, 2.45) is 11.1 Å². The minimum atomic E-state index is -0.0823. The normalized spacial score (nSPS) is 15.5. The van der Waals surface area contributed by atoms with Gasteiger partial charge in [0.15, 0.2) is 0 Å². The summed E-state index contributed by atoms with van der Waals surface area (Å²) in [5.74, 6) is 0. The summed E-state index contributed by atoms with van der Waals surface area (Å²) in [5.41, 5.74) is 7.28. The number of pyridine rings is 1. The first-order chi connectivity index (χ1) is 8.90. The first-order valence-corrected chi connectivity index (χ1v) is 6.90. The van der Waals surface area contributed by atoms with Crippen molar-refractivity contribution in [3.8, 4) is 0 Å². The van der Waals surface area contributed by atoms with Crippen molar-refractivity contribution in [2.45, 2.75) is 46.3 Å². The maximum absolute atomic E-state index is 9.70. The highest BCUT2D eigenvalue weighted by Gasteiger charge is 2.32. The number of aromatic nitrogens is 1. The Kier molecular flexibility index (Phi) is 5.91. The largest absolute Gasteiger partial charge is 0.395 e. The molecule has 0 aliphatic carbocycles. The van der Waals surface area contributed by atoms with Gasteiger partial charge >= 0.3 is 0 Å². The van der Waals surface area contributed by atoms with E-state index >= 15 is 0 Å². The second-order valence-electron chi connectivity index (χ2n) is 6.03. The Morgan fingerprint density at radius 3 is 2.47 bits per heavy atom. The molecule has 0 saturated carbocycles. The molecule has 2 atom stereocenters. The Balaban J connectivity index is 2.82. The van der Waals surface area contributed by atoms with Crippen LogP contribution < -0.4 is 5.73 Å². The van der Waals surface area contributed by atoms with E-state index in [0.29, 0.717) is 6.54 Å². The van der Waals surface area contributed by atoms with Crippen LogP contribution in [0.5, 0.6) is 0 Å². The Morgan fingerprint density at radius 2 is 2.05 bits per heavy atom. The minimum absolute atomic E-state index is 0.0368. The van der Waals surface area contributed by atoms with E-state index < -0.39 is 0 Å². The summed E-state index contributed by atoms with van der Waals surface area (Å²) in [6.07, 6.45) is 1.79. The molecule has 0 bridgehead atoms. The molecule has 0 saturated heterocycles. The lowest BCUT2D eigenvalue weighted by molar-refractivity contribution is 0.0683. The molecule has 1 aromatic heterocycles. The van der Waals surface area contributed by atoms with Gasteiger partial charge in [-0.1, -0.05) is 33.8 Å². The third-order valence-electron chi connectivity index (χ3n) is 3.57. The average molecular weight is 265 g/mol. The van der Waals surface area contributed by atoms with Gasteiger partial charge in [-0.15, -0.1) is 0 Å². The number of nitrogens with zero attached hydrogens (tertiary/aromatic N) is 2. The number of rotatable bonds is 6. The summed E-state index contributed by atoms with van der Waals surface area (Å²) in [6, 6.07) is 5.76. The minimum Gasteiger partial charge on any atom is -0.395 e. The van der Waals surface area contributed by atoms with Gasteiger partial charge in [-0.2, -0.15) is 0 Å². The zero-order chi connectivity index (χ0) is 14.5. The average Bonchev–Trinajstić information content (AvgIpc) is 2.38.